The monoisotopic (exact) mass is 206 g/mol. The van der Waals surface area contributed by atoms with Crippen molar-refractivity contribution in [3.63, 3.8) is 0 Å². The molecule has 0 spiro atoms. The highest BCUT2D eigenvalue weighted by atomic mass is 32.2. The van der Waals surface area contributed by atoms with Crippen molar-refractivity contribution in [2.45, 2.75) is 9.92 Å². The number of aromatic amines is 1. The number of rotatable bonds is 0. The van der Waals surface area contributed by atoms with Crippen molar-refractivity contribution < 1.29 is 8.42 Å². The second-order valence-corrected chi connectivity index (χ2v) is 4.97. The van der Waals surface area contributed by atoms with Gasteiger partial charge in [0.15, 0.2) is 5.03 Å². The first-order valence-electron chi connectivity index (χ1n) is 4.09. The molecule has 70 valence electrons. The molecular weight excluding hydrogens is 200 g/mol. The number of sulfone groups is 1. The van der Waals surface area contributed by atoms with E-state index in [1.165, 1.54) is 0 Å². The Kier molecular flexibility index (Phi) is 1.24. The van der Waals surface area contributed by atoms with Crippen molar-refractivity contribution in [1.82, 2.24) is 10.2 Å². The Hall–Kier alpha value is -1.62. The van der Waals surface area contributed by atoms with Gasteiger partial charge < -0.3 is 0 Å². The zero-order chi connectivity index (χ0) is 9.76. The lowest BCUT2D eigenvalue weighted by Gasteiger charge is -1.96. The molecule has 0 saturated carbocycles. The van der Waals surface area contributed by atoms with Crippen LogP contribution in [-0.4, -0.2) is 18.6 Å². The molecule has 0 fully saturated rings. The summed E-state index contributed by atoms with van der Waals surface area (Å²) in [6, 6.07) is 6.93. The first kappa shape index (κ1) is 7.75. The van der Waals surface area contributed by atoms with Gasteiger partial charge in [-0.25, -0.2) is 8.42 Å². The Balaban J connectivity index is 2.55. The molecule has 5 heteroatoms. The Bertz CT molecular complexity index is 613. The summed E-state index contributed by atoms with van der Waals surface area (Å²) in [5.74, 6) is 0. The predicted octanol–water partition coefficient (Wildman–Crippen LogP) is 1.22. The Labute approximate surface area is 80.5 Å². The first-order valence-corrected chi connectivity index (χ1v) is 5.57. The Morgan fingerprint density at radius 3 is 2.79 bits per heavy atom. The number of fused-ring (bicyclic) bond motifs is 3. The average molecular weight is 206 g/mol. The topological polar surface area (TPSA) is 62.8 Å². The molecule has 1 N–H and O–H groups in total. The number of nitrogens with zero attached hydrogens (tertiary/aromatic N) is 1. The van der Waals surface area contributed by atoms with Crippen LogP contribution in [0.1, 0.15) is 0 Å². The van der Waals surface area contributed by atoms with E-state index in [4.69, 9.17) is 0 Å². The highest BCUT2D eigenvalue weighted by molar-refractivity contribution is 7.92. The van der Waals surface area contributed by atoms with E-state index in [0.717, 1.165) is 5.56 Å². The maximum absolute atomic E-state index is 11.9. The summed E-state index contributed by atoms with van der Waals surface area (Å²) in [4.78, 5) is 0.364. The normalized spacial score (nSPS) is 16.3. The number of benzene rings is 1. The third kappa shape index (κ3) is 0.730. The molecular formula is C9H6N2O2S. The fourth-order valence-electron chi connectivity index (χ4n) is 1.70. The molecule has 4 nitrogen and oxygen atoms in total. The van der Waals surface area contributed by atoms with Gasteiger partial charge in [-0.1, -0.05) is 18.2 Å². The van der Waals surface area contributed by atoms with Crippen LogP contribution >= 0.6 is 0 Å². The van der Waals surface area contributed by atoms with Crippen LogP contribution < -0.4 is 0 Å². The fourth-order valence-corrected chi connectivity index (χ4v) is 3.27. The zero-order valence-corrected chi connectivity index (χ0v) is 7.88. The van der Waals surface area contributed by atoms with Crippen LogP contribution in [0.4, 0.5) is 0 Å². The van der Waals surface area contributed by atoms with E-state index in [1.807, 2.05) is 6.07 Å². The van der Waals surface area contributed by atoms with E-state index < -0.39 is 9.84 Å². The third-order valence-corrected chi connectivity index (χ3v) is 4.12. The molecule has 0 radical (unpaired) electrons. The highest BCUT2D eigenvalue weighted by Crippen LogP contribution is 2.41. The van der Waals surface area contributed by atoms with Crippen molar-refractivity contribution in [3.05, 3.63) is 30.5 Å². The van der Waals surface area contributed by atoms with Crippen molar-refractivity contribution in [1.29, 1.82) is 0 Å². The summed E-state index contributed by atoms with van der Waals surface area (Å²) in [6.07, 6.45) is 1.54. The molecule has 1 aromatic heterocycles. The summed E-state index contributed by atoms with van der Waals surface area (Å²) < 4.78 is 23.7. The lowest BCUT2D eigenvalue weighted by Crippen LogP contribution is -1.97. The maximum Gasteiger partial charge on any atom is 0.224 e. The van der Waals surface area contributed by atoms with E-state index in [1.54, 1.807) is 24.4 Å². The van der Waals surface area contributed by atoms with Gasteiger partial charge in [-0.05, 0) is 6.07 Å². The molecule has 2 heterocycles. The quantitative estimate of drug-likeness (QED) is 0.601. The molecule has 1 aliphatic rings. The van der Waals surface area contributed by atoms with Crippen molar-refractivity contribution >= 4 is 9.84 Å². The molecule has 0 atom stereocenters. The van der Waals surface area contributed by atoms with Crippen LogP contribution in [0.25, 0.3) is 11.1 Å². The number of hydrogen-bond acceptors (Lipinski definition) is 3. The van der Waals surface area contributed by atoms with Gasteiger partial charge in [-0.15, -0.1) is 0 Å². The van der Waals surface area contributed by atoms with Gasteiger partial charge in [-0.3, -0.25) is 5.10 Å². The van der Waals surface area contributed by atoms with E-state index >= 15 is 0 Å². The van der Waals surface area contributed by atoms with Gasteiger partial charge in [0.25, 0.3) is 0 Å². The van der Waals surface area contributed by atoms with Crippen LogP contribution in [0, 0.1) is 0 Å². The van der Waals surface area contributed by atoms with E-state index in [0.29, 0.717) is 10.5 Å². The molecule has 1 aliphatic heterocycles. The van der Waals surface area contributed by atoms with Crippen LogP contribution in [0.15, 0.2) is 40.4 Å². The smallest absolute Gasteiger partial charge is 0.224 e. The maximum atomic E-state index is 11.9. The van der Waals surface area contributed by atoms with Gasteiger partial charge in [0.1, 0.15) is 0 Å². The molecule has 0 saturated heterocycles. The molecule has 1 aromatic carbocycles. The zero-order valence-electron chi connectivity index (χ0n) is 7.06. The van der Waals surface area contributed by atoms with E-state index in [-0.39, 0.29) is 5.03 Å². The summed E-state index contributed by atoms with van der Waals surface area (Å²) in [5.41, 5.74) is 1.40. The van der Waals surface area contributed by atoms with Crippen LogP contribution in [0.2, 0.25) is 0 Å². The van der Waals surface area contributed by atoms with Gasteiger partial charge in [0.2, 0.25) is 9.84 Å². The first-order chi connectivity index (χ1) is 6.71. The third-order valence-electron chi connectivity index (χ3n) is 2.34. The minimum Gasteiger partial charge on any atom is -0.267 e. The Morgan fingerprint density at radius 2 is 1.93 bits per heavy atom. The van der Waals surface area contributed by atoms with Crippen LogP contribution in [-0.2, 0) is 9.84 Å². The number of H-pyrrole nitrogens is 1. The number of nitrogens with one attached hydrogen (secondary N) is 1. The number of hydrogen-bond donors (Lipinski definition) is 1. The molecule has 0 bridgehead atoms. The molecule has 0 aliphatic carbocycles. The predicted molar refractivity (Wildman–Crippen MR) is 49.5 cm³/mol. The summed E-state index contributed by atoms with van der Waals surface area (Å²) in [6.45, 7) is 0. The summed E-state index contributed by atoms with van der Waals surface area (Å²) in [5, 5.41) is 6.46. The van der Waals surface area contributed by atoms with Gasteiger partial charge >= 0.3 is 0 Å². The largest absolute Gasteiger partial charge is 0.267 e. The lowest BCUT2D eigenvalue weighted by molar-refractivity contribution is 0.594. The van der Waals surface area contributed by atoms with Crippen LogP contribution in [0.3, 0.4) is 0 Å². The second kappa shape index (κ2) is 2.24. The molecule has 0 amide bonds. The minimum atomic E-state index is -3.34. The standard InChI is InChI=1S/C9H6N2O2S/c12-14(13)8-4-2-1-3-6(8)7-5-10-11-9(7)14/h1-5H,(H,10,11). The van der Waals surface area contributed by atoms with Gasteiger partial charge in [-0.2, -0.15) is 5.10 Å². The van der Waals surface area contributed by atoms with Gasteiger partial charge in [0, 0.05) is 11.1 Å². The average Bonchev–Trinajstić information content (AvgIpc) is 2.72. The fraction of sp³-hybridized carbons (Fsp3) is 0. The minimum absolute atomic E-state index is 0.207. The molecule has 14 heavy (non-hydrogen) atoms. The molecule has 3 rings (SSSR count). The summed E-state index contributed by atoms with van der Waals surface area (Å²) in [7, 11) is -3.34. The highest BCUT2D eigenvalue weighted by Gasteiger charge is 2.34. The van der Waals surface area contributed by atoms with Crippen molar-refractivity contribution in [2.75, 3.05) is 0 Å². The number of aromatic nitrogens is 2. The van der Waals surface area contributed by atoms with Crippen LogP contribution in [0.5, 0.6) is 0 Å². The van der Waals surface area contributed by atoms with Crippen molar-refractivity contribution in [2.24, 2.45) is 0 Å². The Morgan fingerprint density at radius 1 is 1.14 bits per heavy atom. The molecule has 2 aromatic rings. The summed E-state index contributed by atoms with van der Waals surface area (Å²) >= 11 is 0. The second-order valence-electron chi connectivity index (χ2n) is 3.11. The molecule has 0 unspecified atom stereocenters. The van der Waals surface area contributed by atoms with E-state index in [2.05, 4.69) is 10.2 Å². The van der Waals surface area contributed by atoms with Crippen molar-refractivity contribution in [3.8, 4) is 11.1 Å². The SMILES string of the molecule is O=S1(=O)c2ccccc2-c2cn[nH]c21. The van der Waals surface area contributed by atoms with E-state index in [9.17, 15) is 8.42 Å². The van der Waals surface area contributed by atoms with Gasteiger partial charge in [0.05, 0.1) is 11.1 Å². The lowest BCUT2D eigenvalue weighted by atomic mass is 10.1.